The van der Waals surface area contributed by atoms with Crippen molar-refractivity contribution in [3.63, 3.8) is 0 Å². The molecule has 19 heavy (non-hydrogen) atoms. The summed E-state index contributed by atoms with van der Waals surface area (Å²) in [7, 11) is 0. The lowest BCUT2D eigenvalue weighted by molar-refractivity contribution is 0.736. The van der Waals surface area contributed by atoms with E-state index in [1.54, 1.807) is 6.20 Å². The average Bonchev–Trinajstić information content (AvgIpc) is 3.01. The minimum Gasteiger partial charge on any atom is -0.348 e. The Morgan fingerprint density at radius 1 is 0.947 bits per heavy atom. The Morgan fingerprint density at radius 3 is 2.26 bits per heavy atom. The molecule has 0 aliphatic rings. The molecule has 3 rings (SSSR count). The van der Waals surface area contributed by atoms with E-state index < -0.39 is 0 Å². The molecule has 0 spiro atoms. The molecule has 0 aliphatic carbocycles. The van der Waals surface area contributed by atoms with Crippen molar-refractivity contribution in [2.24, 2.45) is 0 Å². The van der Waals surface area contributed by atoms with Gasteiger partial charge in [0.2, 0.25) is 0 Å². The van der Waals surface area contributed by atoms with Gasteiger partial charge in [-0.2, -0.15) is 0 Å². The molecule has 0 aliphatic heterocycles. The Hall–Kier alpha value is -2.36. The van der Waals surface area contributed by atoms with Gasteiger partial charge in [-0.3, -0.25) is 4.98 Å². The van der Waals surface area contributed by atoms with Gasteiger partial charge in [-0.05, 0) is 36.8 Å². The first-order valence-corrected chi connectivity index (χ1v) is 6.32. The molecule has 96 valence electrons. The highest BCUT2D eigenvalue weighted by Gasteiger charge is 2.02. The van der Waals surface area contributed by atoms with Gasteiger partial charge in [-0.15, -0.1) is 0 Å². The third-order valence-electron chi connectivity index (χ3n) is 2.99. The SMILES string of the molecule is Cc1cc(Cn2cccc2)nc(Cn2ccnc2)c1. The van der Waals surface area contributed by atoms with Crippen LogP contribution >= 0.6 is 0 Å². The van der Waals surface area contributed by atoms with Crippen molar-refractivity contribution < 1.29 is 0 Å². The molecule has 3 heterocycles. The smallest absolute Gasteiger partial charge is 0.0949 e. The van der Waals surface area contributed by atoms with Crippen LogP contribution in [-0.4, -0.2) is 19.1 Å². The molecule has 0 radical (unpaired) electrons. The summed E-state index contributed by atoms with van der Waals surface area (Å²) in [5, 5.41) is 0. The second-order valence-corrected chi connectivity index (χ2v) is 4.72. The van der Waals surface area contributed by atoms with Crippen LogP contribution in [0, 0.1) is 6.92 Å². The number of hydrogen-bond donors (Lipinski definition) is 0. The number of aromatic nitrogens is 4. The van der Waals surface area contributed by atoms with Crippen molar-refractivity contribution in [2.75, 3.05) is 0 Å². The molecule has 0 unspecified atom stereocenters. The molecule has 3 aromatic rings. The molecule has 4 nitrogen and oxygen atoms in total. The summed E-state index contributed by atoms with van der Waals surface area (Å²) in [6.07, 6.45) is 9.67. The van der Waals surface area contributed by atoms with Crippen LogP contribution in [0.25, 0.3) is 0 Å². The third kappa shape index (κ3) is 2.91. The predicted octanol–water partition coefficient (Wildman–Crippen LogP) is 2.48. The Kier molecular flexibility index (Phi) is 3.14. The molecule has 0 aromatic carbocycles. The molecule has 0 N–H and O–H groups in total. The van der Waals surface area contributed by atoms with Crippen LogP contribution < -0.4 is 0 Å². The van der Waals surface area contributed by atoms with Crippen LogP contribution in [0.15, 0.2) is 55.4 Å². The summed E-state index contributed by atoms with van der Waals surface area (Å²) in [4.78, 5) is 8.77. The third-order valence-corrected chi connectivity index (χ3v) is 2.99. The van der Waals surface area contributed by atoms with E-state index in [2.05, 4.69) is 41.0 Å². The molecular weight excluding hydrogens is 236 g/mol. The van der Waals surface area contributed by atoms with Crippen LogP contribution in [0.3, 0.4) is 0 Å². The van der Waals surface area contributed by atoms with Gasteiger partial charge in [0.15, 0.2) is 0 Å². The first kappa shape index (κ1) is 11.7. The fourth-order valence-corrected chi connectivity index (χ4v) is 2.21. The fraction of sp³-hybridized carbons (Fsp3) is 0.200. The molecule has 0 saturated carbocycles. The monoisotopic (exact) mass is 252 g/mol. The summed E-state index contributed by atoms with van der Waals surface area (Å²) >= 11 is 0. The summed E-state index contributed by atoms with van der Waals surface area (Å²) in [5.41, 5.74) is 3.40. The number of nitrogens with zero attached hydrogens (tertiary/aromatic N) is 4. The second-order valence-electron chi connectivity index (χ2n) is 4.72. The zero-order valence-corrected chi connectivity index (χ0v) is 10.9. The van der Waals surface area contributed by atoms with Gasteiger partial charge in [0, 0.05) is 24.8 Å². The van der Waals surface area contributed by atoms with E-state index in [4.69, 9.17) is 4.98 Å². The maximum absolute atomic E-state index is 4.71. The minimum absolute atomic E-state index is 0.764. The van der Waals surface area contributed by atoms with Crippen molar-refractivity contribution in [1.82, 2.24) is 19.1 Å². The summed E-state index contributed by atoms with van der Waals surface area (Å²) in [6, 6.07) is 8.32. The Labute approximate surface area is 112 Å². The van der Waals surface area contributed by atoms with Crippen molar-refractivity contribution >= 4 is 0 Å². The van der Waals surface area contributed by atoms with Gasteiger partial charge in [0.1, 0.15) is 0 Å². The van der Waals surface area contributed by atoms with Crippen molar-refractivity contribution in [2.45, 2.75) is 20.0 Å². The maximum atomic E-state index is 4.71. The van der Waals surface area contributed by atoms with Crippen LogP contribution in [0.2, 0.25) is 0 Å². The Morgan fingerprint density at radius 2 is 1.63 bits per heavy atom. The molecule has 0 atom stereocenters. The molecular formula is C15H16N4. The molecule has 0 saturated heterocycles. The summed E-state index contributed by atoms with van der Waals surface area (Å²) < 4.78 is 4.16. The highest BCUT2D eigenvalue weighted by Crippen LogP contribution is 2.09. The maximum Gasteiger partial charge on any atom is 0.0949 e. The van der Waals surface area contributed by atoms with Gasteiger partial charge in [0.25, 0.3) is 0 Å². The second kappa shape index (κ2) is 5.10. The topological polar surface area (TPSA) is 35.6 Å². The van der Waals surface area contributed by atoms with E-state index in [1.165, 1.54) is 5.56 Å². The predicted molar refractivity (Wildman–Crippen MR) is 73.8 cm³/mol. The number of pyridine rings is 1. The molecule has 4 heteroatoms. The van der Waals surface area contributed by atoms with E-state index in [0.717, 1.165) is 24.5 Å². The lowest BCUT2D eigenvalue weighted by atomic mass is 10.2. The van der Waals surface area contributed by atoms with Gasteiger partial charge >= 0.3 is 0 Å². The Balaban J connectivity index is 1.83. The summed E-state index contributed by atoms with van der Waals surface area (Å²) in [6.45, 7) is 3.68. The minimum atomic E-state index is 0.764. The fourth-order valence-electron chi connectivity index (χ4n) is 2.21. The van der Waals surface area contributed by atoms with Crippen molar-refractivity contribution in [3.05, 3.63) is 72.3 Å². The van der Waals surface area contributed by atoms with Crippen LogP contribution in [0.4, 0.5) is 0 Å². The number of aryl methyl sites for hydroxylation is 1. The first-order chi connectivity index (χ1) is 9.29. The van der Waals surface area contributed by atoms with Gasteiger partial charge < -0.3 is 9.13 Å². The van der Waals surface area contributed by atoms with Crippen LogP contribution in [-0.2, 0) is 13.1 Å². The van der Waals surface area contributed by atoms with E-state index in [9.17, 15) is 0 Å². The largest absolute Gasteiger partial charge is 0.348 e. The highest BCUT2D eigenvalue weighted by molar-refractivity contribution is 5.21. The molecule has 0 fully saturated rings. The molecule has 3 aromatic heterocycles. The van der Waals surface area contributed by atoms with Gasteiger partial charge in [-0.25, -0.2) is 4.98 Å². The molecule has 0 bridgehead atoms. The lowest BCUT2D eigenvalue weighted by Crippen LogP contribution is -2.05. The zero-order valence-electron chi connectivity index (χ0n) is 10.9. The van der Waals surface area contributed by atoms with Gasteiger partial charge in [0.05, 0.1) is 30.8 Å². The van der Waals surface area contributed by atoms with Crippen LogP contribution in [0.1, 0.15) is 17.0 Å². The zero-order chi connectivity index (χ0) is 13.1. The Bertz CT molecular complexity index is 584. The normalized spacial score (nSPS) is 10.8. The average molecular weight is 252 g/mol. The standard InChI is InChI=1S/C15H16N4/c1-13-8-14(10-18-5-2-3-6-18)17-15(9-13)11-19-7-4-16-12-19/h2-9,12H,10-11H2,1H3. The van der Waals surface area contributed by atoms with Crippen molar-refractivity contribution in [3.8, 4) is 0 Å². The lowest BCUT2D eigenvalue weighted by Gasteiger charge is -2.08. The molecule has 0 amide bonds. The number of hydrogen-bond acceptors (Lipinski definition) is 2. The summed E-state index contributed by atoms with van der Waals surface area (Å²) in [5.74, 6) is 0. The van der Waals surface area contributed by atoms with E-state index in [0.29, 0.717) is 0 Å². The van der Waals surface area contributed by atoms with Crippen LogP contribution in [0.5, 0.6) is 0 Å². The van der Waals surface area contributed by atoms with E-state index >= 15 is 0 Å². The van der Waals surface area contributed by atoms with Gasteiger partial charge in [-0.1, -0.05) is 0 Å². The number of imidazole rings is 1. The van der Waals surface area contributed by atoms with E-state index in [-0.39, 0.29) is 0 Å². The van der Waals surface area contributed by atoms with Crippen molar-refractivity contribution in [1.29, 1.82) is 0 Å². The highest BCUT2D eigenvalue weighted by atomic mass is 15.0. The number of rotatable bonds is 4. The first-order valence-electron chi connectivity index (χ1n) is 6.32. The quantitative estimate of drug-likeness (QED) is 0.715. The van der Waals surface area contributed by atoms with E-state index in [1.807, 2.05) is 29.2 Å².